The molecule has 1 saturated heterocycles. The fourth-order valence-corrected chi connectivity index (χ4v) is 6.15. The van der Waals surface area contributed by atoms with Gasteiger partial charge in [0.15, 0.2) is 5.17 Å². The van der Waals surface area contributed by atoms with Gasteiger partial charge in [-0.1, -0.05) is 6.92 Å². The lowest BCUT2D eigenvalue weighted by atomic mass is 10.0. The molecule has 0 saturated carbocycles. The summed E-state index contributed by atoms with van der Waals surface area (Å²) in [6.07, 6.45) is 3.04. The van der Waals surface area contributed by atoms with Crippen LogP contribution in [0.25, 0.3) is 0 Å². The molecule has 0 bridgehead atoms. The Bertz CT molecular complexity index is 976. The number of benzene rings is 1. The van der Waals surface area contributed by atoms with Crippen LogP contribution in [0.3, 0.4) is 0 Å². The zero-order valence-corrected chi connectivity index (χ0v) is 17.9. The van der Waals surface area contributed by atoms with E-state index < -0.39 is 10.0 Å². The van der Waals surface area contributed by atoms with Crippen LogP contribution < -0.4 is 10.2 Å². The second-order valence-corrected chi connectivity index (χ2v) is 10.3. The molecule has 8 nitrogen and oxygen atoms in total. The molecule has 3 heterocycles. The second kappa shape index (κ2) is 7.98. The number of carbonyl (C=O) groups is 2. The van der Waals surface area contributed by atoms with Crippen LogP contribution >= 0.6 is 11.8 Å². The summed E-state index contributed by atoms with van der Waals surface area (Å²) in [5.41, 5.74) is 1.46. The summed E-state index contributed by atoms with van der Waals surface area (Å²) in [7, 11) is -3.40. The number of nitrogens with one attached hydrogen (secondary N) is 1. The van der Waals surface area contributed by atoms with Crippen LogP contribution in [0.1, 0.15) is 43.0 Å². The Labute approximate surface area is 174 Å². The normalized spacial score (nSPS) is 22.5. The lowest BCUT2D eigenvalue weighted by Gasteiger charge is -2.33. The average Bonchev–Trinajstić information content (AvgIpc) is 3.03. The van der Waals surface area contributed by atoms with Gasteiger partial charge in [-0.3, -0.25) is 9.59 Å². The molecule has 10 heteroatoms. The molecule has 0 aliphatic carbocycles. The number of thioether (sulfide) groups is 1. The van der Waals surface area contributed by atoms with Crippen molar-refractivity contribution in [3.63, 3.8) is 0 Å². The summed E-state index contributed by atoms with van der Waals surface area (Å²) < 4.78 is 27.4. The number of likely N-dealkylation sites (tertiary alicyclic amines) is 1. The minimum absolute atomic E-state index is 0.00387. The highest BCUT2D eigenvalue weighted by atomic mass is 32.2. The van der Waals surface area contributed by atoms with Crippen LogP contribution in [0.4, 0.5) is 5.69 Å². The Kier molecular flexibility index (Phi) is 5.56. The Hall–Kier alpha value is -2.07. The van der Waals surface area contributed by atoms with Crippen LogP contribution in [0.5, 0.6) is 0 Å². The summed E-state index contributed by atoms with van der Waals surface area (Å²) in [6, 6.07) is 5.45. The van der Waals surface area contributed by atoms with Crippen LogP contribution in [0.15, 0.2) is 27.5 Å². The molecular weight excluding hydrogens is 412 g/mol. The number of hydrogen-bond acceptors (Lipinski definition) is 6. The number of nitrogens with zero attached hydrogens (tertiary/aromatic N) is 3. The predicted molar refractivity (Wildman–Crippen MR) is 113 cm³/mol. The first-order chi connectivity index (χ1) is 13.9. The number of amides is 2. The Morgan fingerprint density at radius 3 is 2.93 bits per heavy atom. The zero-order valence-electron chi connectivity index (χ0n) is 16.3. The predicted octanol–water partition coefficient (Wildman–Crippen LogP) is 1.82. The van der Waals surface area contributed by atoms with Gasteiger partial charge < -0.3 is 15.1 Å². The largest absolute Gasteiger partial charge is 0.352 e. The van der Waals surface area contributed by atoms with Crippen molar-refractivity contribution in [3.8, 4) is 0 Å². The highest BCUT2D eigenvalue weighted by Gasteiger charge is 2.34. The van der Waals surface area contributed by atoms with Gasteiger partial charge in [0.25, 0.3) is 15.9 Å². The molecule has 1 atom stereocenters. The summed E-state index contributed by atoms with van der Waals surface area (Å²) in [5.74, 6) is -0.0359. The minimum atomic E-state index is -3.40. The first-order valence-corrected chi connectivity index (χ1v) is 12.3. The number of piperidine rings is 1. The Morgan fingerprint density at radius 1 is 1.31 bits per heavy atom. The molecule has 0 unspecified atom stereocenters. The summed E-state index contributed by atoms with van der Waals surface area (Å²) in [4.78, 5) is 29.4. The number of anilines is 1. The van der Waals surface area contributed by atoms with Gasteiger partial charge in [-0.25, -0.2) is 8.42 Å². The van der Waals surface area contributed by atoms with E-state index in [9.17, 15) is 18.0 Å². The number of rotatable bonds is 4. The van der Waals surface area contributed by atoms with Crippen LogP contribution in [0, 0.1) is 0 Å². The first kappa shape index (κ1) is 20.2. The molecule has 0 aromatic heterocycles. The van der Waals surface area contributed by atoms with Crippen molar-refractivity contribution in [2.45, 2.75) is 43.5 Å². The smallest absolute Gasteiger partial charge is 0.257 e. The molecule has 0 spiro atoms. The van der Waals surface area contributed by atoms with Gasteiger partial charge in [0.1, 0.15) is 0 Å². The van der Waals surface area contributed by atoms with Gasteiger partial charge in [-0.15, -0.1) is 4.40 Å². The van der Waals surface area contributed by atoms with E-state index >= 15 is 0 Å². The molecule has 1 fully saturated rings. The van der Waals surface area contributed by atoms with Crippen LogP contribution in [0.2, 0.25) is 0 Å². The third-order valence-corrected chi connectivity index (χ3v) is 7.58. The second-order valence-electron chi connectivity index (χ2n) is 7.50. The minimum Gasteiger partial charge on any atom is -0.352 e. The lowest BCUT2D eigenvalue weighted by Crippen LogP contribution is -2.49. The topological polar surface area (TPSA) is 99.1 Å². The molecule has 1 aromatic carbocycles. The van der Waals surface area contributed by atoms with E-state index in [1.807, 2.05) is 24.0 Å². The van der Waals surface area contributed by atoms with Crippen molar-refractivity contribution in [1.29, 1.82) is 0 Å². The van der Waals surface area contributed by atoms with Crippen LogP contribution in [-0.4, -0.2) is 61.7 Å². The molecule has 3 aliphatic heterocycles. The van der Waals surface area contributed by atoms with Gasteiger partial charge in [0.05, 0.1) is 11.4 Å². The van der Waals surface area contributed by atoms with E-state index in [0.29, 0.717) is 36.8 Å². The standard InChI is InChI=1S/C19H24N4O4S2/c1-2-4-17(24)20-14-5-3-8-22(12-14)18(25)13-6-7-15-16(11-13)28-19-21-29(26,27)10-9-23(15)19/h6-7,11,14H,2-5,8-10,12H2,1H3,(H,20,24)/t14-/m1/s1. The van der Waals surface area contributed by atoms with Crippen molar-refractivity contribution < 1.29 is 18.0 Å². The van der Waals surface area contributed by atoms with E-state index in [1.165, 1.54) is 11.8 Å². The average molecular weight is 437 g/mol. The first-order valence-electron chi connectivity index (χ1n) is 9.87. The zero-order chi connectivity index (χ0) is 20.6. The van der Waals surface area contributed by atoms with Gasteiger partial charge >= 0.3 is 0 Å². The summed E-state index contributed by atoms with van der Waals surface area (Å²) in [6.45, 7) is 3.52. The maximum Gasteiger partial charge on any atom is 0.257 e. The Balaban J connectivity index is 1.48. The summed E-state index contributed by atoms with van der Waals surface area (Å²) >= 11 is 1.28. The number of hydrogen-bond donors (Lipinski definition) is 1. The maximum atomic E-state index is 13.0. The van der Waals surface area contributed by atoms with Crippen molar-refractivity contribution in [2.24, 2.45) is 4.40 Å². The number of carbonyl (C=O) groups excluding carboxylic acids is 2. The highest BCUT2D eigenvalue weighted by molar-refractivity contribution is 8.15. The molecular formula is C19H24N4O4S2. The molecule has 1 aromatic rings. The van der Waals surface area contributed by atoms with Gasteiger partial charge in [0, 0.05) is 42.6 Å². The number of amidine groups is 1. The fourth-order valence-electron chi connectivity index (χ4n) is 3.85. The molecule has 3 aliphatic rings. The van der Waals surface area contributed by atoms with Gasteiger partial charge in [-0.2, -0.15) is 0 Å². The molecule has 4 rings (SSSR count). The number of sulfonamides is 1. The van der Waals surface area contributed by atoms with Crippen molar-refractivity contribution >= 4 is 44.5 Å². The molecule has 2 amide bonds. The SMILES string of the molecule is CCCC(=O)N[C@@H]1CCCN(C(=O)c2ccc3c(c2)SC2=NS(=O)(=O)CCN23)C1. The molecule has 29 heavy (non-hydrogen) atoms. The van der Waals surface area contributed by atoms with E-state index in [1.54, 1.807) is 11.0 Å². The monoisotopic (exact) mass is 436 g/mol. The van der Waals surface area contributed by atoms with E-state index in [-0.39, 0.29) is 23.6 Å². The quantitative estimate of drug-likeness (QED) is 0.773. The van der Waals surface area contributed by atoms with Crippen molar-refractivity contribution in [3.05, 3.63) is 23.8 Å². The third-order valence-electron chi connectivity index (χ3n) is 5.27. The number of fused-ring (bicyclic) bond motifs is 3. The van der Waals surface area contributed by atoms with E-state index in [2.05, 4.69) is 9.71 Å². The summed E-state index contributed by atoms with van der Waals surface area (Å²) in [5, 5.41) is 3.47. The fraction of sp³-hybridized carbons (Fsp3) is 0.526. The molecule has 1 N–H and O–H groups in total. The van der Waals surface area contributed by atoms with Crippen molar-refractivity contribution in [2.75, 3.05) is 30.3 Å². The van der Waals surface area contributed by atoms with Crippen molar-refractivity contribution in [1.82, 2.24) is 10.2 Å². The van der Waals surface area contributed by atoms with Gasteiger partial charge in [0.2, 0.25) is 5.91 Å². The maximum absolute atomic E-state index is 13.0. The molecule has 0 radical (unpaired) electrons. The van der Waals surface area contributed by atoms with E-state index in [0.717, 1.165) is 29.8 Å². The lowest BCUT2D eigenvalue weighted by molar-refractivity contribution is -0.122. The highest BCUT2D eigenvalue weighted by Crippen LogP contribution is 2.42. The van der Waals surface area contributed by atoms with Crippen LogP contribution in [-0.2, 0) is 14.8 Å². The van der Waals surface area contributed by atoms with Gasteiger partial charge in [-0.05, 0) is 49.2 Å². The third kappa shape index (κ3) is 4.28. The molecule has 156 valence electrons. The Morgan fingerprint density at radius 2 is 2.14 bits per heavy atom. The van der Waals surface area contributed by atoms with E-state index in [4.69, 9.17) is 0 Å².